The van der Waals surface area contributed by atoms with Crippen molar-refractivity contribution < 1.29 is 0 Å². The molecule has 82 valence electrons. The van der Waals surface area contributed by atoms with Crippen LogP contribution in [-0.2, 0) is 6.42 Å². The lowest BCUT2D eigenvalue weighted by Crippen LogP contribution is -1.96. The maximum atomic E-state index is 5.17. The van der Waals surface area contributed by atoms with E-state index in [4.69, 9.17) is 12.2 Å². The van der Waals surface area contributed by atoms with Gasteiger partial charge in [-0.1, -0.05) is 49.5 Å². The predicted octanol–water partition coefficient (Wildman–Crippen LogP) is 3.76. The standard InChI is InChI=1S/C13H14N2S/c1-2-6-12-14-11(9-13(16)15-12)10-7-4-3-5-8-10/h3-5,7-9H,2,6H2,1H3,(H,14,15,16). The van der Waals surface area contributed by atoms with Gasteiger partial charge in [-0.3, -0.25) is 0 Å². The monoisotopic (exact) mass is 230 g/mol. The van der Waals surface area contributed by atoms with Gasteiger partial charge in [0.25, 0.3) is 0 Å². The molecule has 0 spiro atoms. The highest BCUT2D eigenvalue weighted by atomic mass is 32.1. The van der Waals surface area contributed by atoms with Gasteiger partial charge in [0.05, 0.1) is 0 Å². The fourth-order valence-electron chi connectivity index (χ4n) is 1.64. The Balaban J connectivity index is 2.45. The van der Waals surface area contributed by atoms with Gasteiger partial charge in [0.15, 0.2) is 0 Å². The predicted molar refractivity (Wildman–Crippen MR) is 68.9 cm³/mol. The number of nitrogens with one attached hydrogen (secondary N) is 1. The molecule has 0 atom stereocenters. The molecule has 0 aliphatic carbocycles. The van der Waals surface area contributed by atoms with Crippen LogP contribution in [0.2, 0.25) is 0 Å². The van der Waals surface area contributed by atoms with Crippen molar-refractivity contribution in [1.29, 1.82) is 0 Å². The minimum absolute atomic E-state index is 0.654. The molecule has 0 saturated heterocycles. The lowest BCUT2D eigenvalue weighted by molar-refractivity contribution is 0.833. The number of nitrogens with zero attached hydrogens (tertiary/aromatic N) is 1. The van der Waals surface area contributed by atoms with Gasteiger partial charge in [-0.2, -0.15) is 0 Å². The Labute approximate surface area is 100 Å². The number of H-pyrrole nitrogens is 1. The Morgan fingerprint density at radius 1 is 1.25 bits per heavy atom. The first-order valence-corrected chi connectivity index (χ1v) is 5.86. The molecule has 2 nitrogen and oxygen atoms in total. The summed E-state index contributed by atoms with van der Waals surface area (Å²) in [4.78, 5) is 7.63. The Kier molecular flexibility index (Phi) is 3.47. The molecule has 0 radical (unpaired) electrons. The number of aryl methyl sites for hydroxylation is 1. The molecule has 0 aliphatic rings. The van der Waals surface area contributed by atoms with Crippen molar-refractivity contribution in [1.82, 2.24) is 9.97 Å². The summed E-state index contributed by atoms with van der Waals surface area (Å²) in [6.07, 6.45) is 2.00. The SMILES string of the molecule is CCCc1nc(=S)cc(-c2ccccc2)[nH]1. The summed E-state index contributed by atoms with van der Waals surface area (Å²) in [6, 6.07) is 12.1. The van der Waals surface area contributed by atoms with E-state index in [1.807, 2.05) is 24.3 Å². The van der Waals surface area contributed by atoms with Gasteiger partial charge in [0.1, 0.15) is 10.5 Å². The molecule has 0 amide bonds. The minimum atomic E-state index is 0.654. The molecule has 1 N–H and O–H groups in total. The molecule has 16 heavy (non-hydrogen) atoms. The van der Waals surface area contributed by atoms with Crippen molar-refractivity contribution >= 4 is 12.2 Å². The number of hydrogen-bond donors (Lipinski definition) is 1. The van der Waals surface area contributed by atoms with E-state index in [0.29, 0.717) is 4.64 Å². The first kappa shape index (κ1) is 11.0. The molecular weight excluding hydrogens is 216 g/mol. The highest BCUT2D eigenvalue weighted by molar-refractivity contribution is 7.71. The number of aromatic amines is 1. The number of rotatable bonds is 3. The van der Waals surface area contributed by atoms with Gasteiger partial charge in [-0.15, -0.1) is 0 Å². The zero-order chi connectivity index (χ0) is 11.4. The molecule has 0 unspecified atom stereocenters. The van der Waals surface area contributed by atoms with Crippen LogP contribution in [0.1, 0.15) is 19.2 Å². The van der Waals surface area contributed by atoms with E-state index in [2.05, 4.69) is 29.0 Å². The van der Waals surface area contributed by atoms with Crippen LogP contribution >= 0.6 is 12.2 Å². The molecule has 0 fully saturated rings. The highest BCUT2D eigenvalue weighted by Crippen LogP contribution is 2.16. The smallest absolute Gasteiger partial charge is 0.130 e. The number of benzene rings is 1. The van der Waals surface area contributed by atoms with E-state index in [1.54, 1.807) is 0 Å². The van der Waals surface area contributed by atoms with E-state index in [9.17, 15) is 0 Å². The average Bonchev–Trinajstić information content (AvgIpc) is 2.30. The lowest BCUT2D eigenvalue weighted by atomic mass is 10.1. The Hall–Kier alpha value is -1.48. The van der Waals surface area contributed by atoms with Crippen LogP contribution < -0.4 is 0 Å². The van der Waals surface area contributed by atoms with Gasteiger partial charge in [0.2, 0.25) is 0 Å². The van der Waals surface area contributed by atoms with Crippen molar-refractivity contribution in [3.05, 3.63) is 46.9 Å². The van der Waals surface area contributed by atoms with E-state index < -0.39 is 0 Å². The molecule has 2 aromatic rings. The topological polar surface area (TPSA) is 28.7 Å². The summed E-state index contributed by atoms with van der Waals surface area (Å²) in [6.45, 7) is 2.13. The number of hydrogen-bond acceptors (Lipinski definition) is 2. The van der Waals surface area contributed by atoms with E-state index in [-0.39, 0.29) is 0 Å². The molecule has 0 bridgehead atoms. The zero-order valence-electron chi connectivity index (χ0n) is 9.23. The maximum Gasteiger partial charge on any atom is 0.130 e. The second-order valence-corrected chi connectivity index (χ2v) is 4.11. The minimum Gasteiger partial charge on any atom is -0.343 e. The van der Waals surface area contributed by atoms with Gasteiger partial charge in [-0.25, -0.2) is 4.98 Å². The first-order valence-electron chi connectivity index (χ1n) is 5.45. The quantitative estimate of drug-likeness (QED) is 0.813. The first-order chi connectivity index (χ1) is 7.79. The molecule has 0 aliphatic heterocycles. The summed E-state index contributed by atoms with van der Waals surface area (Å²) in [5.74, 6) is 0.967. The second kappa shape index (κ2) is 5.03. The summed E-state index contributed by atoms with van der Waals surface area (Å²) >= 11 is 5.17. The lowest BCUT2D eigenvalue weighted by Gasteiger charge is -2.05. The van der Waals surface area contributed by atoms with E-state index in [0.717, 1.165) is 29.9 Å². The Morgan fingerprint density at radius 3 is 2.69 bits per heavy atom. The van der Waals surface area contributed by atoms with Crippen LogP contribution in [0.4, 0.5) is 0 Å². The highest BCUT2D eigenvalue weighted by Gasteiger charge is 2.00. The fraction of sp³-hybridized carbons (Fsp3) is 0.231. The van der Waals surface area contributed by atoms with E-state index >= 15 is 0 Å². The average molecular weight is 230 g/mol. The van der Waals surface area contributed by atoms with Crippen molar-refractivity contribution in [2.45, 2.75) is 19.8 Å². The molecule has 2 rings (SSSR count). The molecule has 1 aromatic heterocycles. The molecular formula is C13H14N2S. The van der Waals surface area contributed by atoms with Crippen molar-refractivity contribution in [3.63, 3.8) is 0 Å². The fourth-order valence-corrected chi connectivity index (χ4v) is 1.86. The second-order valence-electron chi connectivity index (χ2n) is 3.70. The zero-order valence-corrected chi connectivity index (χ0v) is 10.1. The van der Waals surface area contributed by atoms with Crippen LogP contribution in [0.25, 0.3) is 11.3 Å². The number of aromatic nitrogens is 2. The molecule has 3 heteroatoms. The van der Waals surface area contributed by atoms with Gasteiger partial charge >= 0.3 is 0 Å². The normalized spacial score (nSPS) is 10.3. The third kappa shape index (κ3) is 2.55. The van der Waals surface area contributed by atoms with Gasteiger partial charge in [-0.05, 0) is 18.1 Å². The maximum absolute atomic E-state index is 5.17. The van der Waals surface area contributed by atoms with Crippen LogP contribution in [0.3, 0.4) is 0 Å². The summed E-state index contributed by atoms with van der Waals surface area (Å²) in [7, 11) is 0. The van der Waals surface area contributed by atoms with Crippen LogP contribution in [0.5, 0.6) is 0 Å². The summed E-state index contributed by atoms with van der Waals surface area (Å²) < 4.78 is 0.654. The Morgan fingerprint density at radius 2 is 2.00 bits per heavy atom. The third-order valence-electron chi connectivity index (χ3n) is 2.36. The third-order valence-corrected chi connectivity index (χ3v) is 2.57. The van der Waals surface area contributed by atoms with Crippen molar-refractivity contribution in [3.8, 4) is 11.3 Å². The van der Waals surface area contributed by atoms with Crippen LogP contribution in [0.15, 0.2) is 36.4 Å². The van der Waals surface area contributed by atoms with Crippen molar-refractivity contribution in [2.24, 2.45) is 0 Å². The van der Waals surface area contributed by atoms with Crippen LogP contribution in [0, 0.1) is 4.64 Å². The van der Waals surface area contributed by atoms with Crippen LogP contribution in [-0.4, -0.2) is 9.97 Å². The summed E-state index contributed by atoms with van der Waals surface area (Å²) in [5, 5.41) is 0. The van der Waals surface area contributed by atoms with E-state index in [1.165, 1.54) is 0 Å². The summed E-state index contributed by atoms with van der Waals surface area (Å²) in [5.41, 5.74) is 2.19. The van der Waals surface area contributed by atoms with Gasteiger partial charge in [0, 0.05) is 12.1 Å². The molecule has 0 saturated carbocycles. The molecule has 1 heterocycles. The Bertz CT molecular complexity index is 517. The molecule has 1 aromatic carbocycles. The van der Waals surface area contributed by atoms with Crippen molar-refractivity contribution in [2.75, 3.05) is 0 Å². The largest absolute Gasteiger partial charge is 0.343 e. The van der Waals surface area contributed by atoms with Gasteiger partial charge < -0.3 is 4.98 Å².